The molecule has 124 valence electrons. The quantitative estimate of drug-likeness (QED) is 0.364. The van der Waals surface area contributed by atoms with Crippen molar-refractivity contribution in [2.75, 3.05) is 19.6 Å². The monoisotopic (exact) mass is 314 g/mol. The molecule has 0 aromatic heterocycles. The molecule has 1 heterocycles. The minimum absolute atomic E-state index is 0.207. The number of nitrogens with zero attached hydrogens (tertiary/aromatic N) is 2. The molecule has 1 amide bonds. The first kappa shape index (κ1) is 17.1. The molecule has 5 nitrogen and oxygen atoms in total. The molecule has 0 spiro atoms. The van der Waals surface area contributed by atoms with Crippen molar-refractivity contribution in [3.8, 4) is 0 Å². The molecule has 0 unspecified atom stereocenters. The van der Waals surface area contributed by atoms with Crippen LogP contribution >= 0.6 is 0 Å². The van der Waals surface area contributed by atoms with Crippen molar-refractivity contribution >= 4 is 11.9 Å². The summed E-state index contributed by atoms with van der Waals surface area (Å²) in [6.45, 7) is 8.41. The topological polar surface area (TPSA) is 70.7 Å². The summed E-state index contributed by atoms with van der Waals surface area (Å²) in [5.74, 6) is 0.617. The van der Waals surface area contributed by atoms with E-state index >= 15 is 0 Å². The molecule has 0 bridgehead atoms. The fourth-order valence-electron chi connectivity index (χ4n) is 2.60. The first-order valence-corrected chi connectivity index (χ1v) is 8.09. The molecule has 0 saturated carbocycles. The van der Waals surface area contributed by atoms with E-state index in [1.807, 2.05) is 17.9 Å². The van der Waals surface area contributed by atoms with Crippen molar-refractivity contribution in [1.29, 1.82) is 0 Å². The minimum atomic E-state index is 0.207. The van der Waals surface area contributed by atoms with Crippen LogP contribution in [0.5, 0.6) is 0 Å². The highest BCUT2D eigenvalue weighted by molar-refractivity contribution is 5.78. The summed E-state index contributed by atoms with van der Waals surface area (Å²) in [6, 6.07) is 8.34. The van der Waals surface area contributed by atoms with Gasteiger partial charge in [-0.1, -0.05) is 36.4 Å². The Labute approximate surface area is 138 Å². The van der Waals surface area contributed by atoms with Crippen LogP contribution in [0.4, 0.5) is 0 Å². The lowest BCUT2D eigenvalue weighted by Gasteiger charge is -2.29. The predicted molar refractivity (Wildman–Crippen MR) is 94.1 cm³/mol. The van der Waals surface area contributed by atoms with Gasteiger partial charge < -0.3 is 16.0 Å². The molecule has 1 aliphatic heterocycles. The van der Waals surface area contributed by atoms with Crippen LogP contribution in [0.25, 0.3) is 0 Å². The zero-order valence-corrected chi connectivity index (χ0v) is 13.8. The Morgan fingerprint density at radius 3 is 2.87 bits per heavy atom. The summed E-state index contributed by atoms with van der Waals surface area (Å²) in [6.07, 6.45) is 2.23. The van der Waals surface area contributed by atoms with Gasteiger partial charge in [0, 0.05) is 26.1 Å². The van der Waals surface area contributed by atoms with Crippen LogP contribution in [-0.4, -0.2) is 36.4 Å². The van der Waals surface area contributed by atoms with Crippen LogP contribution in [0, 0.1) is 0 Å². The molecule has 0 fully saturated rings. The van der Waals surface area contributed by atoms with Crippen molar-refractivity contribution < 1.29 is 4.79 Å². The number of aliphatic imine (C=N–C) groups is 1. The predicted octanol–water partition coefficient (Wildman–Crippen LogP) is 1.83. The number of hydrogen-bond donors (Lipinski definition) is 2. The molecule has 3 N–H and O–H groups in total. The highest BCUT2D eigenvalue weighted by Gasteiger charge is 2.19. The maximum atomic E-state index is 12.3. The molecule has 23 heavy (non-hydrogen) atoms. The molecule has 5 heteroatoms. The third-order valence-corrected chi connectivity index (χ3v) is 3.88. The largest absolute Gasteiger partial charge is 0.370 e. The molecule has 0 saturated heterocycles. The third kappa shape index (κ3) is 5.43. The number of nitrogens with two attached hydrogens (primary N) is 1. The highest BCUT2D eigenvalue weighted by Crippen LogP contribution is 2.19. The number of guanidine groups is 1. The molecule has 0 atom stereocenters. The molecule has 1 aromatic carbocycles. The van der Waals surface area contributed by atoms with Gasteiger partial charge in [0.1, 0.15) is 0 Å². The van der Waals surface area contributed by atoms with Crippen LogP contribution in [0.15, 0.2) is 41.4 Å². The zero-order valence-electron chi connectivity index (χ0n) is 13.8. The van der Waals surface area contributed by atoms with Gasteiger partial charge in [-0.25, -0.2) is 4.99 Å². The fourth-order valence-corrected chi connectivity index (χ4v) is 2.60. The normalized spacial score (nSPS) is 14.3. The van der Waals surface area contributed by atoms with E-state index in [1.165, 1.54) is 11.1 Å². The van der Waals surface area contributed by atoms with Gasteiger partial charge in [0.2, 0.25) is 5.91 Å². The average Bonchev–Trinajstić information content (AvgIpc) is 2.56. The number of carbonyl (C=O) groups is 1. The Bertz CT molecular complexity index is 594. The van der Waals surface area contributed by atoms with Gasteiger partial charge in [0.25, 0.3) is 0 Å². The Morgan fingerprint density at radius 1 is 1.39 bits per heavy atom. The van der Waals surface area contributed by atoms with Gasteiger partial charge in [0.15, 0.2) is 5.96 Å². The lowest BCUT2D eigenvalue weighted by Crippen LogP contribution is -2.37. The summed E-state index contributed by atoms with van der Waals surface area (Å²) in [7, 11) is 0. The molecule has 2 rings (SSSR count). The Hall–Kier alpha value is -2.30. The van der Waals surface area contributed by atoms with Gasteiger partial charge in [-0.15, -0.1) is 0 Å². The number of carbonyl (C=O) groups excluding carboxylic acids is 1. The van der Waals surface area contributed by atoms with E-state index in [1.54, 1.807) is 0 Å². The Morgan fingerprint density at radius 2 is 2.13 bits per heavy atom. The van der Waals surface area contributed by atoms with Gasteiger partial charge in [0.05, 0.1) is 6.54 Å². The molecule has 1 aliphatic rings. The second-order valence-electron chi connectivity index (χ2n) is 6.02. The summed E-state index contributed by atoms with van der Waals surface area (Å²) >= 11 is 0. The lowest BCUT2D eigenvalue weighted by molar-refractivity contribution is -0.132. The molecule has 1 aromatic rings. The van der Waals surface area contributed by atoms with Crippen LogP contribution in [-0.2, 0) is 17.8 Å². The van der Waals surface area contributed by atoms with E-state index in [-0.39, 0.29) is 5.91 Å². The average molecular weight is 314 g/mol. The Kier molecular flexibility index (Phi) is 6.20. The van der Waals surface area contributed by atoms with Crippen molar-refractivity contribution in [1.82, 2.24) is 10.2 Å². The number of hydrogen-bond acceptors (Lipinski definition) is 2. The molecule has 0 radical (unpaired) electrons. The smallest absolute Gasteiger partial charge is 0.222 e. The zero-order chi connectivity index (χ0) is 16.7. The van der Waals surface area contributed by atoms with E-state index in [9.17, 15) is 4.79 Å². The summed E-state index contributed by atoms with van der Waals surface area (Å²) < 4.78 is 0. The van der Waals surface area contributed by atoms with E-state index in [4.69, 9.17) is 5.73 Å². The van der Waals surface area contributed by atoms with Crippen molar-refractivity contribution in [2.24, 2.45) is 10.7 Å². The van der Waals surface area contributed by atoms with Gasteiger partial charge >= 0.3 is 0 Å². The number of rotatable bonds is 6. The van der Waals surface area contributed by atoms with Crippen molar-refractivity contribution in [2.45, 2.75) is 32.7 Å². The first-order chi connectivity index (χ1) is 11.1. The van der Waals surface area contributed by atoms with Crippen LogP contribution < -0.4 is 11.1 Å². The number of nitrogens with one attached hydrogen (secondary N) is 1. The first-order valence-electron chi connectivity index (χ1n) is 8.09. The third-order valence-electron chi connectivity index (χ3n) is 3.88. The number of amides is 1. The van der Waals surface area contributed by atoms with E-state index < -0.39 is 0 Å². The SMILES string of the molecule is C=C(C)CN=C(N)NCCCC(=O)N1CCc2ccccc2C1. The van der Waals surface area contributed by atoms with E-state index in [2.05, 4.69) is 35.1 Å². The van der Waals surface area contributed by atoms with Gasteiger partial charge in [-0.3, -0.25) is 4.79 Å². The van der Waals surface area contributed by atoms with Gasteiger partial charge in [-0.2, -0.15) is 0 Å². The summed E-state index contributed by atoms with van der Waals surface area (Å²) in [5, 5.41) is 3.03. The standard InChI is InChI=1S/C18H26N4O/c1-14(2)12-21-18(19)20-10-5-8-17(23)22-11-9-15-6-3-4-7-16(15)13-22/h3-4,6-7H,1,5,8-13H2,2H3,(H3,19,20,21). The maximum Gasteiger partial charge on any atom is 0.222 e. The van der Waals surface area contributed by atoms with Crippen LogP contribution in [0.1, 0.15) is 30.9 Å². The maximum absolute atomic E-state index is 12.3. The molecular weight excluding hydrogens is 288 g/mol. The minimum Gasteiger partial charge on any atom is -0.370 e. The fraction of sp³-hybridized carbons (Fsp3) is 0.444. The second kappa shape index (κ2) is 8.36. The highest BCUT2D eigenvalue weighted by atomic mass is 16.2. The second-order valence-corrected chi connectivity index (χ2v) is 6.02. The summed E-state index contributed by atoms with van der Waals surface area (Å²) in [4.78, 5) is 18.4. The van der Waals surface area contributed by atoms with Crippen LogP contribution in [0.3, 0.4) is 0 Å². The molecular formula is C18H26N4O. The number of fused-ring (bicyclic) bond motifs is 1. The van der Waals surface area contributed by atoms with Crippen LogP contribution in [0.2, 0.25) is 0 Å². The van der Waals surface area contributed by atoms with Gasteiger partial charge in [-0.05, 0) is 30.9 Å². The lowest BCUT2D eigenvalue weighted by atomic mass is 9.99. The summed E-state index contributed by atoms with van der Waals surface area (Å²) in [5.41, 5.74) is 9.33. The molecule has 0 aliphatic carbocycles. The van der Waals surface area contributed by atoms with E-state index in [0.29, 0.717) is 25.5 Å². The van der Waals surface area contributed by atoms with Crippen molar-refractivity contribution in [3.05, 3.63) is 47.5 Å². The van der Waals surface area contributed by atoms with E-state index in [0.717, 1.165) is 31.5 Å². The van der Waals surface area contributed by atoms with Crippen molar-refractivity contribution in [3.63, 3.8) is 0 Å². The Balaban J connectivity index is 1.70. The number of benzene rings is 1.